The first-order valence-electron chi connectivity index (χ1n) is 7.48. The van der Waals surface area contributed by atoms with Crippen LogP contribution in [0.2, 0.25) is 0 Å². The molecule has 0 bridgehead atoms. The zero-order valence-corrected chi connectivity index (χ0v) is 13.4. The SMILES string of the molecule is CCCNC1CC(C)CC(C)C1Sc1cnn(C)c1. The van der Waals surface area contributed by atoms with Gasteiger partial charge in [-0.05, 0) is 37.6 Å². The zero-order chi connectivity index (χ0) is 13.8. The third-order valence-electron chi connectivity index (χ3n) is 4.00. The molecule has 0 radical (unpaired) electrons. The Kier molecular flexibility index (Phi) is 5.34. The fraction of sp³-hybridized carbons (Fsp3) is 0.800. The van der Waals surface area contributed by atoms with Crippen LogP contribution in [-0.4, -0.2) is 27.6 Å². The first kappa shape index (κ1) is 14.9. The standard InChI is InChI=1S/C15H27N3S/c1-5-6-16-14-8-11(2)7-12(3)15(14)19-13-9-17-18(4)10-13/h9-12,14-16H,5-8H2,1-4H3. The van der Waals surface area contributed by atoms with Gasteiger partial charge in [-0.2, -0.15) is 5.10 Å². The van der Waals surface area contributed by atoms with Crippen molar-refractivity contribution in [3.63, 3.8) is 0 Å². The van der Waals surface area contributed by atoms with Crippen LogP contribution in [0.1, 0.15) is 40.0 Å². The van der Waals surface area contributed by atoms with Crippen LogP contribution < -0.4 is 5.32 Å². The fourth-order valence-corrected chi connectivity index (χ4v) is 4.52. The van der Waals surface area contributed by atoms with Gasteiger partial charge in [-0.15, -0.1) is 11.8 Å². The lowest BCUT2D eigenvalue weighted by Gasteiger charge is -2.39. The summed E-state index contributed by atoms with van der Waals surface area (Å²) in [4.78, 5) is 1.30. The largest absolute Gasteiger partial charge is 0.313 e. The Bertz CT molecular complexity index is 390. The summed E-state index contributed by atoms with van der Waals surface area (Å²) < 4.78 is 1.90. The van der Waals surface area contributed by atoms with Crippen molar-refractivity contribution in [2.45, 2.75) is 56.2 Å². The number of rotatable bonds is 5. The number of nitrogens with zero attached hydrogens (tertiary/aromatic N) is 2. The molecule has 1 aromatic heterocycles. The number of hydrogen-bond acceptors (Lipinski definition) is 3. The average Bonchev–Trinajstić information content (AvgIpc) is 2.76. The van der Waals surface area contributed by atoms with Gasteiger partial charge >= 0.3 is 0 Å². The van der Waals surface area contributed by atoms with Crippen molar-refractivity contribution in [1.29, 1.82) is 0 Å². The lowest BCUT2D eigenvalue weighted by atomic mass is 9.80. The van der Waals surface area contributed by atoms with Crippen LogP contribution in [0.25, 0.3) is 0 Å². The van der Waals surface area contributed by atoms with E-state index in [0.717, 1.165) is 18.4 Å². The highest BCUT2D eigenvalue weighted by Gasteiger charge is 2.34. The lowest BCUT2D eigenvalue weighted by molar-refractivity contribution is 0.249. The second-order valence-corrected chi connectivity index (χ2v) is 7.30. The van der Waals surface area contributed by atoms with Crippen molar-refractivity contribution < 1.29 is 0 Å². The van der Waals surface area contributed by atoms with Crippen LogP contribution in [0.3, 0.4) is 0 Å². The topological polar surface area (TPSA) is 29.9 Å². The Hall–Kier alpha value is -0.480. The lowest BCUT2D eigenvalue weighted by Crippen LogP contribution is -2.46. The van der Waals surface area contributed by atoms with Crippen LogP contribution in [0.4, 0.5) is 0 Å². The summed E-state index contributed by atoms with van der Waals surface area (Å²) in [6, 6.07) is 0.643. The van der Waals surface area contributed by atoms with Crippen LogP contribution in [0.5, 0.6) is 0 Å². The molecule has 1 saturated carbocycles. The normalized spacial score (nSPS) is 31.6. The summed E-state index contributed by atoms with van der Waals surface area (Å²) in [5.74, 6) is 1.61. The van der Waals surface area contributed by atoms with Crippen LogP contribution in [-0.2, 0) is 7.05 Å². The molecule has 1 N–H and O–H groups in total. The van der Waals surface area contributed by atoms with Crippen molar-refractivity contribution in [3.05, 3.63) is 12.4 Å². The molecule has 0 amide bonds. The quantitative estimate of drug-likeness (QED) is 0.898. The number of nitrogens with one attached hydrogen (secondary N) is 1. The summed E-state index contributed by atoms with van der Waals surface area (Å²) in [6.45, 7) is 8.17. The minimum atomic E-state index is 0.643. The maximum atomic E-state index is 4.28. The number of aryl methyl sites for hydroxylation is 1. The molecule has 0 saturated heterocycles. The summed E-state index contributed by atoms with van der Waals surface area (Å²) in [7, 11) is 1.99. The van der Waals surface area contributed by atoms with Gasteiger partial charge in [0.15, 0.2) is 0 Å². The minimum Gasteiger partial charge on any atom is -0.313 e. The Labute approximate surface area is 121 Å². The third-order valence-corrected chi connectivity index (χ3v) is 5.55. The Balaban J connectivity index is 2.04. The van der Waals surface area contributed by atoms with E-state index in [2.05, 4.69) is 37.4 Å². The van der Waals surface area contributed by atoms with Crippen molar-refractivity contribution >= 4 is 11.8 Å². The van der Waals surface area contributed by atoms with Crippen molar-refractivity contribution in [3.8, 4) is 0 Å². The first-order valence-corrected chi connectivity index (χ1v) is 8.36. The van der Waals surface area contributed by atoms with E-state index in [9.17, 15) is 0 Å². The van der Waals surface area contributed by atoms with Crippen molar-refractivity contribution in [2.75, 3.05) is 6.54 Å². The minimum absolute atomic E-state index is 0.643. The van der Waals surface area contributed by atoms with Gasteiger partial charge < -0.3 is 5.32 Å². The molecule has 4 atom stereocenters. The highest BCUT2D eigenvalue weighted by Crippen LogP contribution is 2.39. The molecule has 1 aromatic rings. The van der Waals surface area contributed by atoms with Gasteiger partial charge in [0.05, 0.1) is 6.20 Å². The zero-order valence-electron chi connectivity index (χ0n) is 12.6. The van der Waals surface area contributed by atoms with Gasteiger partial charge in [0, 0.05) is 29.4 Å². The number of thioether (sulfide) groups is 1. The summed E-state index contributed by atoms with van der Waals surface area (Å²) in [6.07, 6.45) is 7.99. The van der Waals surface area contributed by atoms with E-state index in [4.69, 9.17) is 0 Å². The molecule has 4 heteroatoms. The van der Waals surface area contributed by atoms with E-state index in [-0.39, 0.29) is 0 Å². The maximum Gasteiger partial charge on any atom is 0.0625 e. The fourth-order valence-electron chi connectivity index (χ4n) is 3.17. The van der Waals surface area contributed by atoms with Gasteiger partial charge in [0.2, 0.25) is 0 Å². The highest BCUT2D eigenvalue weighted by molar-refractivity contribution is 8.00. The molecular weight excluding hydrogens is 254 g/mol. The molecular formula is C15H27N3S. The first-order chi connectivity index (χ1) is 9.10. The summed E-state index contributed by atoms with van der Waals surface area (Å²) >= 11 is 2.01. The summed E-state index contributed by atoms with van der Waals surface area (Å²) in [5.41, 5.74) is 0. The van der Waals surface area contributed by atoms with E-state index in [1.54, 1.807) is 0 Å². The Morgan fingerprint density at radius 3 is 2.84 bits per heavy atom. The predicted molar refractivity (Wildman–Crippen MR) is 82.5 cm³/mol. The Morgan fingerprint density at radius 2 is 2.21 bits per heavy atom. The van der Waals surface area contributed by atoms with Gasteiger partial charge in [0.25, 0.3) is 0 Å². The number of aromatic nitrogens is 2. The van der Waals surface area contributed by atoms with Gasteiger partial charge in [0.1, 0.15) is 0 Å². The molecule has 3 nitrogen and oxygen atoms in total. The second-order valence-electron chi connectivity index (χ2n) is 6.05. The predicted octanol–water partition coefficient (Wildman–Crippen LogP) is 3.32. The van der Waals surface area contributed by atoms with Gasteiger partial charge in [-0.3, -0.25) is 4.68 Å². The van der Waals surface area contributed by atoms with E-state index in [1.165, 1.54) is 24.2 Å². The average molecular weight is 281 g/mol. The number of hydrogen-bond donors (Lipinski definition) is 1. The molecule has 19 heavy (non-hydrogen) atoms. The van der Waals surface area contributed by atoms with E-state index < -0.39 is 0 Å². The van der Waals surface area contributed by atoms with Crippen LogP contribution >= 0.6 is 11.8 Å². The molecule has 0 aliphatic heterocycles. The second kappa shape index (κ2) is 6.80. The molecule has 4 unspecified atom stereocenters. The van der Waals surface area contributed by atoms with E-state index in [1.807, 2.05) is 29.7 Å². The van der Waals surface area contributed by atoms with Crippen molar-refractivity contribution in [2.24, 2.45) is 18.9 Å². The molecule has 0 aromatic carbocycles. The van der Waals surface area contributed by atoms with E-state index in [0.29, 0.717) is 11.3 Å². The molecule has 1 heterocycles. The molecule has 108 valence electrons. The smallest absolute Gasteiger partial charge is 0.0625 e. The van der Waals surface area contributed by atoms with Gasteiger partial charge in [-0.25, -0.2) is 0 Å². The molecule has 1 aliphatic rings. The molecule has 1 aliphatic carbocycles. The van der Waals surface area contributed by atoms with E-state index >= 15 is 0 Å². The molecule has 1 fully saturated rings. The highest BCUT2D eigenvalue weighted by atomic mass is 32.2. The molecule has 0 spiro atoms. The monoisotopic (exact) mass is 281 g/mol. The Morgan fingerprint density at radius 1 is 1.42 bits per heavy atom. The summed E-state index contributed by atoms with van der Waals surface area (Å²) in [5, 5.41) is 8.72. The van der Waals surface area contributed by atoms with Gasteiger partial charge in [-0.1, -0.05) is 20.8 Å². The maximum absolute atomic E-state index is 4.28. The van der Waals surface area contributed by atoms with Crippen LogP contribution in [0, 0.1) is 11.8 Å². The van der Waals surface area contributed by atoms with Crippen molar-refractivity contribution in [1.82, 2.24) is 15.1 Å². The third kappa shape index (κ3) is 3.99. The van der Waals surface area contributed by atoms with Crippen LogP contribution in [0.15, 0.2) is 17.3 Å². The molecule has 2 rings (SSSR count).